The number of carbonyl (C=O) groups excluding carboxylic acids is 1. The predicted octanol–water partition coefficient (Wildman–Crippen LogP) is -0.116. The number of aromatic nitrogens is 4. The standard InChI is InChI=1S/C10H9N5O/c11-10(16)9(7-1-3-12-5-14-7)8-2-4-13-6-15-8/h1-6,9H,(H2,11,16). The van der Waals surface area contributed by atoms with Gasteiger partial charge in [0.25, 0.3) is 0 Å². The van der Waals surface area contributed by atoms with Crippen LogP contribution >= 0.6 is 0 Å². The first-order chi connectivity index (χ1) is 7.79. The summed E-state index contributed by atoms with van der Waals surface area (Å²) in [4.78, 5) is 27.0. The molecule has 2 aromatic heterocycles. The van der Waals surface area contributed by atoms with Crippen LogP contribution in [-0.2, 0) is 4.79 Å². The molecule has 0 saturated heterocycles. The molecule has 0 radical (unpaired) electrons. The highest BCUT2D eigenvalue weighted by molar-refractivity contribution is 5.84. The molecule has 0 aliphatic heterocycles. The van der Waals surface area contributed by atoms with Crippen molar-refractivity contribution in [3.8, 4) is 0 Å². The van der Waals surface area contributed by atoms with Crippen molar-refractivity contribution in [2.75, 3.05) is 0 Å². The van der Waals surface area contributed by atoms with Crippen LogP contribution in [0, 0.1) is 0 Å². The third kappa shape index (κ3) is 2.00. The third-order valence-corrected chi connectivity index (χ3v) is 2.09. The Morgan fingerprint density at radius 2 is 1.56 bits per heavy atom. The molecule has 2 rings (SSSR count). The lowest BCUT2D eigenvalue weighted by molar-refractivity contribution is -0.118. The lowest BCUT2D eigenvalue weighted by atomic mass is 10.0. The summed E-state index contributed by atoms with van der Waals surface area (Å²) in [6.07, 6.45) is 5.85. The zero-order valence-electron chi connectivity index (χ0n) is 8.32. The molecule has 6 heteroatoms. The van der Waals surface area contributed by atoms with Crippen molar-refractivity contribution in [2.24, 2.45) is 5.73 Å². The molecule has 2 N–H and O–H groups in total. The van der Waals surface area contributed by atoms with Crippen LogP contribution in [0.4, 0.5) is 0 Å². The Kier molecular flexibility index (Phi) is 2.81. The molecule has 0 fully saturated rings. The molecule has 0 aliphatic carbocycles. The van der Waals surface area contributed by atoms with E-state index in [4.69, 9.17) is 5.73 Å². The molecule has 0 atom stereocenters. The van der Waals surface area contributed by atoms with Gasteiger partial charge in [-0.3, -0.25) is 4.79 Å². The van der Waals surface area contributed by atoms with E-state index in [1.54, 1.807) is 24.5 Å². The van der Waals surface area contributed by atoms with Crippen LogP contribution in [0.3, 0.4) is 0 Å². The van der Waals surface area contributed by atoms with Gasteiger partial charge in [0.2, 0.25) is 5.91 Å². The smallest absolute Gasteiger partial charge is 0.232 e. The molecule has 0 aliphatic rings. The molecular weight excluding hydrogens is 206 g/mol. The lowest BCUT2D eigenvalue weighted by Gasteiger charge is -2.10. The van der Waals surface area contributed by atoms with Gasteiger partial charge in [-0.2, -0.15) is 0 Å². The molecule has 0 saturated carbocycles. The summed E-state index contributed by atoms with van der Waals surface area (Å²) in [5.74, 6) is -1.16. The number of nitrogens with two attached hydrogens (primary N) is 1. The van der Waals surface area contributed by atoms with Crippen LogP contribution in [0.15, 0.2) is 37.2 Å². The van der Waals surface area contributed by atoms with Crippen molar-refractivity contribution in [3.63, 3.8) is 0 Å². The summed E-state index contributed by atoms with van der Waals surface area (Å²) in [6.45, 7) is 0. The van der Waals surface area contributed by atoms with Gasteiger partial charge >= 0.3 is 0 Å². The maximum Gasteiger partial charge on any atom is 0.232 e. The van der Waals surface area contributed by atoms with Gasteiger partial charge < -0.3 is 5.73 Å². The zero-order valence-corrected chi connectivity index (χ0v) is 8.32. The zero-order chi connectivity index (χ0) is 11.4. The van der Waals surface area contributed by atoms with Crippen LogP contribution in [0.25, 0.3) is 0 Å². The van der Waals surface area contributed by atoms with E-state index < -0.39 is 11.8 Å². The molecule has 1 amide bonds. The maximum absolute atomic E-state index is 11.4. The van der Waals surface area contributed by atoms with E-state index in [1.165, 1.54) is 12.7 Å². The van der Waals surface area contributed by atoms with Gasteiger partial charge in [0.05, 0.1) is 11.4 Å². The molecule has 16 heavy (non-hydrogen) atoms. The topological polar surface area (TPSA) is 94.7 Å². The highest BCUT2D eigenvalue weighted by Gasteiger charge is 2.22. The first kappa shape index (κ1) is 10.2. The fourth-order valence-corrected chi connectivity index (χ4v) is 1.39. The number of primary amides is 1. The summed E-state index contributed by atoms with van der Waals surface area (Å²) < 4.78 is 0. The molecule has 0 spiro atoms. The second-order valence-corrected chi connectivity index (χ2v) is 3.10. The minimum absolute atomic E-state index is 0.502. The van der Waals surface area contributed by atoms with Crippen LogP contribution in [0.2, 0.25) is 0 Å². The highest BCUT2D eigenvalue weighted by Crippen LogP contribution is 2.19. The van der Waals surface area contributed by atoms with E-state index in [2.05, 4.69) is 19.9 Å². The van der Waals surface area contributed by atoms with Gasteiger partial charge in [-0.1, -0.05) is 0 Å². The molecular formula is C10H9N5O. The van der Waals surface area contributed by atoms with Gasteiger partial charge in [0.1, 0.15) is 18.6 Å². The maximum atomic E-state index is 11.4. The molecule has 80 valence electrons. The average molecular weight is 215 g/mol. The molecule has 2 aromatic rings. The van der Waals surface area contributed by atoms with Crippen LogP contribution in [0.5, 0.6) is 0 Å². The molecule has 0 unspecified atom stereocenters. The number of nitrogens with zero attached hydrogens (tertiary/aromatic N) is 4. The number of hydrogen-bond donors (Lipinski definition) is 1. The van der Waals surface area contributed by atoms with Crippen molar-refractivity contribution < 1.29 is 4.79 Å². The second kappa shape index (κ2) is 4.43. The summed E-state index contributed by atoms with van der Waals surface area (Å²) in [6, 6.07) is 3.27. The van der Waals surface area contributed by atoms with E-state index in [9.17, 15) is 4.79 Å². The number of carbonyl (C=O) groups is 1. The first-order valence-electron chi connectivity index (χ1n) is 4.60. The number of hydrogen-bond acceptors (Lipinski definition) is 5. The summed E-state index contributed by atoms with van der Waals surface area (Å²) in [5.41, 5.74) is 6.40. The van der Waals surface area contributed by atoms with Crippen LogP contribution in [-0.4, -0.2) is 25.8 Å². The molecule has 2 heterocycles. The third-order valence-electron chi connectivity index (χ3n) is 2.09. The molecule has 0 aromatic carbocycles. The summed E-state index contributed by atoms with van der Waals surface area (Å²) >= 11 is 0. The Morgan fingerprint density at radius 3 is 1.88 bits per heavy atom. The monoisotopic (exact) mass is 215 g/mol. The fraction of sp³-hybridized carbons (Fsp3) is 0.100. The van der Waals surface area contributed by atoms with Crippen molar-refractivity contribution in [2.45, 2.75) is 5.92 Å². The van der Waals surface area contributed by atoms with Gasteiger partial charge in [-0.25, -0.2) is 19.9 Å². The molecule has 6 nitrogen and oxygen atoms in total. The SMILES string of the molecule is NC(=O)C(c1ccncn1)c1ccncn1. The van der Waals surface area contributed by atoms with Crippen LogP contribution < -0.4 is 5.73 Å². The predicted molar refractivity (Wildman–Crippen MR) is 55.1 cm³/mol. The number of rotatable bonds is 3. The quantitative estimate of drug-likeness (QED) is 0.770. The Morgan fingerprint density at radius 1 is 1.06 bits per heavy atom. The Labute approximate surface area is 91.6 Å². The van der Waals surface area contributed by atoms with E-state index in [-0.39, 0.29) is 0 Å². The molecule has 0 bridgehead atoms. The van der Waals surface area contributed by atoms with Crippen molar-refractivity contribution in [3.05, 3.63) is 48.6 Å². The Hall–Kier alpha value is -2.37. The van der Waals surface area contributed by atoms with Crippen molar-refractivity contribution in [1.82, 2.24) is 19.9 Å². The first-order valence-corrected chi connectivity index (χ1v) is 4.60. The Bertz CT molecular complexity index is 434. The minimum Gasteiger partial charge on any atom is -0.369 e. The minimum atomic E-state index is -0.661. The lowest BCUT2D eigenvalue weighted by Crippen LogP contribution is -2.24. The van der Waals surface area contributed by atoms with E-state index >= 15 is 0 Å². The van der Waals surface area contributed by atoms with Crippen LogP contribution in [0.1, 0.15) is 17.3 Å². The van der Waals surface area contributed by atoms with Gasteiger partial charge in [0.15, 0.2) is 0 Å². The van der Waals surface area contributed by atoms with Gasteiger partial charge in [-0.05, 0) is 12.1 Å². The van der Waals surface area contributed by atoms with E-state index in [0.717, 1.165) is 0 Å². The number of amides is 1. The van der Waals surface area contributed by atoms with Crippen molar-refractivity contribution in [1.29, 1.82) is 0 Å². The van der Waals surface area contributed by atoms with Gasteiger partial charge in [0, 0.05) is 12.4 Å². The van der Waals surface area contributed by atoms with Gasteiger partial charge in [-0.15, -0.1) is 0 Å². The average Bonchev–Trinajstić information content (AvgIpc) is 2.31. The van der Waals surface area contributed by atoms with Crippen molar-refractivity contribution >= 4 is 5.91 Å². The largest absolute Gasteiger partial charge is 0.369 e. The summed E-state index contributed by atoms with van der Waals surface area (Å²) in [7, 11) is 0. The highest BCUT2D eigenvalue weighted by atomic mass is 16.1. The normalized spacial score (nSPS) is 10.3. The fourth-order valence-electron chi connectivity index (χ4n) is 1.39. The van der Waals surface area contributed by atoms with E-state index in [1.807, 2.05) is 0 Å². The summed E-state index contributed by atoms with van der Waals surface area (Å²) in [5, 5.41) is 0. The second-order valence-electron chi connectivity index (χ2n) is 3.10. The Balaban J connectivity index is 2.44. The van der Waals surface area contributed by atoms with E-state index in [0.29, 0.717) is 11.4 Å².